The van der Waals surface area contributed by atoms with Crippen molar-refractivity contribution < 1.29 is 0 Å². The van der Waals surface area contributed by atoms with Gasteiger partial charge in [0.05, 0.1) is 29.5 Å². The number of nitriles is 1. The van der Waals surface area contributed by atoms with Crippen LogP contribution in [0.5, 0.6) is 0 Å². The number of hydrogen-bond donors (Lipinski definition) is 1. The minimum absolute atomic E-state index is 0.432. The van der Waals surface area contributed by atoms with E-state index >= 15 is 0 Å². The summed E-state index contributed by atoms with van der Waals surface area (Å²) in [4.78, 5) is 5.67. The van der Waals surface area contributed by atoms with E-state index in [9.17, 15) is 5.26 Å². The molecule has 1 saturated heterocycles. The first-order chi connectivity index (χ1) is 15.1. The van der Waals surface area contributed by atoms with Crippen LogP contribution >= 0.6 is 11.8 Å². The molecule has 7 nitrogen and oxygen atoms in total. The number of piperidine rings is 1. The summed E-state index contributed by atoms with van der Waals surface area (Å²) < 4.78 is 3.88. The zero-order chi connectivity index (χ0) is 21.4. The van der Waals surface area contributed by atoms with Crippen LogP contribution in [0.2, 0.25) is 0 Å². The molecule has 0 unspecified atom stereocenters. The summed E-state index contributed by atoms with van der Waals surface area (Å²) in [6, 6.07) is 8.92. The van der Waals surface area contributed by atoms with E-state index in [2.05, 4.69) is 51.5 Å². The van der Waals surface area contributed by atoms with Crippen molar-refractivity contribution in [2.45, 2.75) is 42.7 Å². The molecule has 5 heterocycles. The van der Waals surface area contributed by atoms with Crippen LogP contribution in [0.3, 0.4) is 0 Å². The Morgan fingerprint density at radius 2 is 1.94 bits per heavy atom. The van der Waals surface area contributed by atoms with E-state index in [1.807, 2.05) is 25.4 Å². The molecule has 0 radical (unpaired) electrons. The molecule has 31 heavy (non-hydrogen) atoms. The molecule has 1 fully saturated rings. The molecule has 1 aliphatic heterocycles. The minimum Gasteiger partial charge on any atom is -0.317 e. The minimum atomic E-state index is 0.432. The Hall–Kier alpha value is -3.15. The standard InChI is InChI=1S/C23H23N7S/c1-15-3-4-16(2)28-23(15)31-21-9-17(13-30-22(21)18(10-24)11-27-30)19-12-26-29(14-19)20-5-7-25-8-6-20/h3-4,9,11-14,20,25H,5-8H2,1-2H3. The van der Waals surface area contributed by atoms with Gasteiger partial charge in [0.1, 0.15) is 11.1 Å². The molecule has 1 aliphatic rings. The number of pyridine rings is 2. The van der Waals surface area contributed by atoms with Crippen LogP contribution in [0.15, 0.2) is 52.9 Å². The SMILES string of the molecule is Cc1ccc(C)c(Sc2cc(-c3cnn(C4CCNCC4)c3)cn3ncc(C#N)c23)n1. The van der Waals surface area contributed by atoms with E-state index in [0.717, 1.165) is 63.8 Å². The van der Waals surface area contributed by atoms with Crippen LogP contribution in [0.4, 0.5) is 0 Å². The molecule has 5 rings (SSSR count). The molecule has 1 N–H and O–H groups in total. The van der Waals surface area contributed by atoms with Gasteiger partial charge in [-0.05, 0) is 57.5 Å². The normalized spacial score (nSPS) is 14.7. The smallest absolute Gasteiger partial charge is 0.104 e. The largest absolute Gasteiger partial charge is 0.317 e. The Labute approximate surface area is 185 Å². The van der Waals surface area contributed by atoms with Gasteiger partial charge in [-0.2, -0.15) is 15.5 Å². The summed E-state index contributed by atoms with van der Waals surface area (Å²) in [6.07, 6.45) is 9.81. The van der Waals surface area contributed by atoms with Crippen LogP contribution in [0.1, 0.15) is 35.7 Å². The first kappa shape index (κ1) is 19.8. The summed E-state index contributed by atoms with van der Waals surface area (Å²) in [5, 5.41) is 23.0. The second-order valence-electron chi connectivity index (χ2n) is 7.92. The van der Waals surface area contributed by atoms with E-state index in [-0.39, 0.29) is 0 Å². The Balaban J connectivity index is 1.58. The van der Waals surface area contributed by atoms with Crippen LogP contribution < -0.4 is 5.32 Å². The van der Waals surface area contributed by atoms with E-state index in [1.165, 1.54) is 0 Å². The third-order valence-corrected chi connectivity index (χ3v) is 6.85. The quantitative estimate of drug-likeness (QED) is 0.524. The maximum absolute atomic E-state index is 9.60. The Morgan fingerprint density at radius 3 is 2.74 bits per heavy atom. The maximum atomic E-state index is 9.60. The van der Waals surface area contributed by atoms with Gasteiger partial charge in [0.2, 0.25) is 0 Å². The number of nitrogens with one attached hydrogen (secondary N) is 1. The number of hydrogen-bond acceptors (Lipinski definition) is 6. The highest BCUT2D eigenvalue weighted by molar-refractivity contribution is 7.99. The van der Waals surface area contributed by atoms with Crippen molar-refractivity contribution in [1.82, 2.24) is 29.7 Å². The van der Waals surface area contributed by atoms with Crippen LogP contribution in [-0.2, 0) is 0 Å². The fourth-order valence-corrected chi connectivity index (χ4v) is 5.08. The highest BCUT2D eigenvalue weighted by atomic mass is 32.2. The molecule has 4 aromatic heterocycles. The zero-order valence-electron chi connectivity index (χ0n) is 17.5. The summed E-state index contributed by atoms with van der Waals surface area (Å²) in [6.45, 7) is 6.10. The summed E-state index contributed by atoms with van der Waals surface area (Å²) in [5.41, 5.74) is 5.51. The van der Waals surface area contributed by atoms with Gasteiger partial charge in [0.25, 0.3) is 0 Å². The highest BCUT2D eigenvalue weighted by Crippen LogP contribution is 2.36. The molecule has 8 heteroatoms. The molecule has 0 saturated carbocycles. The second-order valence-corrected chi connectivity index (χ2v) is 8.95. The van der Waals surface area contributed by atoms with Gasteiger partial charge >= 0.3 is 0 Å². The molecule has 0 spiro atoms. The zero-order valence-corrected chi connectivity index (χ0v) is 18.4. The number of nitrogens with zero attached hydrogens (tertiary/aromatic N) is 6. The molecule has 0 bridgehead atoms. The van der Waals surface area contributed by atoms with Crippen LogP contribution in [-0.4, -0.2) is 37.5 Å². The maximum Gasteiger partial charge on any atom is 0.104 e. The molecular weight excluding hydrogens is 406 g/mol. The van der Waals surface area contributed by atoms with Crippen molar-refractivity contribution in [2.75, 3.05) is 13.1 Å². The first-order valence-corrected chi connectivity index (χ1v) is 11.2. The lowest BCUT2D eigenvalue weighted by molar-refractivity contribution is 0.343. The van der Waals surface area contributed by atoms with Crippen molar-refractivity contribution in [3.05, 3.63) is 59.8 Å². The topological polar surface area (TPSA) is 83.8 Å². The van der Waals surface area contributed by atoms with Crippen LogP contribution in [0, 0.1) is 25.2 Å². The van der Waals surface area contributed by atoms with Crippen molar-refractivity contribution >= 4 is 17.3 Å². The average Bonchev–Trinajstić information content (AvgIpc) is 3.44. The second kappa shape index (κ2) is 8.17. The van der Waals surface area contributed by atoms with Crippen molar-refractivity contribution in [2.24, 2.45) is 0 Å². The number of rotatable bonds is 4. The molecule has 0 aliphatic carbocycles. The van der Waals surface area contributed by atoms with Gasteiger partial charge in [-0.15, -0.1) is 0 Å². The third-order valence-electron chi connectivity index (χ3n) is 5.71. The van der Waals surface area contributed by atoms with Gasteiger partial charge in [-0.1, -0.05) is 17.8 Å². The van der Waals surface area contributed by atoms with Crippen molar-refractivity contribution in [3.63, 3.8) is 0 Å². The fourth-order valence-electron chi connectivity index (χ4n) is 3.97. The Morgan fingerprint density at radius 1 is 1.10 bits per heavy atom. The lowest BCUT2D eigenvalue weighted by atomic mass is 10.1. The molecule has 0 atom stereocenters. The predicted octanol–water partition coefficient (Wildman–Crippen LogP) is 4.16. The molecular formula is C23H23N7S. The van der Waals surface area contributed by atoms with Crippen molar-refractivity contribution in [3.8, 4) is 17.2 Å². The monoisotopic (exact) mass is 429 g/mol. The van der Waals surface area contributed by atoms with E-state index < -0.39 is 0 Å². The van der Waals surface area contributed by atoms with E-state index in [0.29, 0.717) is 11.6 Å². The lowest BCUT2D eigenvalue weighted by Gasteiger charge is -2.22. The number of aromatic nitrogens is 5. The molecule has 156 valence electrons. The fraction of sp³-hybridized carbons (Fsp3) is 0.304. The average molecular weight is 430 g/mol. The Kier molecular flexibility index (Phi) is 5.22. The van der Waals surface area contributed by atoms with Gasteiger partial charge in [-0.3, -0.25) is 4.68 Å². The first-order valence-electron chi connectivity index (χ1n) is 10.4. The summed E-state index contributed by atoms with van der Waals surface area (Å²) >= 11 is 1.58. The van der Waals surface area contributed by atoms with Crippen molar-refractivity contribution in [1.29, 1.82) is 5.26 Å². The molecule has 0 aromatic carbocycles. The Bertz CT molecular complexity index is 1290. The summed E-state index contributed by atoms with van der Waals surface area (Å²) in [5.74, 6) is 0. The van der Waals surface area contributed by atoms with Gasteiger partial charge in [0, 0.05) is 34.1 Å². The van der Waals surface area contributed by atoms with Gasteiger partial charge < -0.3 is 5.32 Å². The third kappa shape index (κ3) is 3.82. The van der Waals surface area contributed by atoms with Crippen LogP contribution in [0.25, 0.3) is 16.6 Å². The molecule has 4 aromatic rings. The van der Waals surface area contributed by atoms with Gasteiger partial charge in [0.15, 0.2) is 0 Å². The van der Waals surface area contributed by atoms with E-state index in [4.69, 9.17) is 4.98 Å². The number of fused-ring (bicyclic) bond motifs is 1. The highest BCUT2D eigenvalue weighted by Gasteiger charge is 2.18. The number of aryl methyl sites for hydroxylation is 2. The van der Waals surface area contributed by atoms with Gasteiger partial charge in [-0.25, -0.2) is 9.50 Å². The van der Waals surface area contributed by atoms with E-state index in [1.54, 1.807) is 22.5 Å². The lowest BCUT2D eigenvalue weighted by Crippen LogP contribution is -2.29. The predicted molar refractivity (Wildman–Crippen MR) is 120 cm³/mol. The summed E-state index contributed by atoms with van der Waals surface area (Å²) in [7, 11) is 0. The molecule has 0 amide bonds.